The van der Waals surface area contributed by atoms with Gasteiger partial charge >= 0.3 is 0 Å². The fourth-order valence-electron chi connectivity index (χ4n) is 2.55. The smallest absolute Gasteiger partial charge is 0.207 e. The summed E-state index contributed by atoms with van der Waals surface area (Å²) in [6.45, 7) is 3.93. The number of nitrogen functional groups attached to an aromatic ring is 1. The number of methoxy groups -OCH3 is 1. The number of nitrogens with zero attached hydrogens (tertiary/aromatic N) is 4. The second-order valence-corrected chi connectivity index (χ2v) is 4.84. The molecule has 0 aliphatic carbocycles. The molecule has 104 valence electrons. The Morgan fingerprint density at radius 1 is 1.25 bits per heavy atom. The Morgan fingerprint density at radius 3 is 2.65 bits per heavy atom. The van der Waals surface area contributed by atoms with E-state index in [0.29, 0.717) is 5.95 Å². The van der Waals surface area contributed by atoms with Crippen molar-refractivity contribution in [2.75, 3.05) is 12.8 Å². The summed E-state index contributed by atoms with van der Waals surface area (Å²) >= 11 is 0. The van der Waals surface area contributed by atoms with Crippen molar-refractivity contribution in [3.05, 3.63) is 29.5 Å². The van der Waals surface area contributed by atoms with E-state index in [4.69, 9.17) is 10.5 Å². The Balaban J connectivity index is 2.29. The van der Waals surface area contributed by atoms with Gasteiger partial charge in [-0.05, 0) is 37.6 Å². The number of aromatic nitrogens is 4. The quantitative estimate of drug-likeness (QED) is 0.773. The van der Waals surface area contributed by atoms with Gasteiger partial charge in [0.15, 0.2) is 5.65 Å². The zero-order chi connectivity index (χ0) is 14.4. The number of hydrogen-bond donors (Lipinski definition) is 1. The van der Waals surface area contributed by atoms with E-state index in [1.807, 2.05) is 43.7 Å². The number of aryl methyl sites for hydroxylation is 3. The molecule has 2 N–H and O–H groups in total. The predicted octanol–water partition coefficient (Wildman–Crippen LogP) is 1.97. The molecule has 1 aromatic carbocycles. The van der Waals surface area contributed by atoms with Crippen molar-refractivity contribution in [3.63, 3.8) is 0 Å². The maximum Gasteiger partial charge on any atom is 0.207 e. The van der Waals surface area contributed by atoms with E-state index in [9.17, 15) is 0 Å². The maximum atomic E-state index is 6.07. The normalized spacial score (nSPS) is 11.2. The molecule has 0 saturated carbocycles. The van der Waals surface area contributed by atoms with Crippen LogP contribution in [0.5, 0.6) is 5.75 Å². The van der Waals surface area contributed by atoms with E-state index in [-0.39, 0.29) is 0 Å². The number of anilines is 1. The molecule has 6 heteroatoms. The molecule has 6 nitrogen and oxygen atoms in total. The minimum Gasteiger partial charge on any atom is -0.496 e. The van der Waals surface area contributed by atoms with Crippen molar-refractivity contribution in [3.8, 4) is 11.4 Å². The predicted molar refractivity (Wildman–Crippen MR) is 78.3 cm³/mol. The van der Waals surface area contributed by atoms with Crippen LogP contribution in [0.1, 0.15) is 11.3 Å². The number of ether oxygens (including phenoxy) is 1. The highest BCUT2D eigenvalue weighted by Crippen LogP contribution is 2.27. The van der Waals surface area contributed by atoms with Crippen LogP contribution in [-0.4, -0.2) is 26.4 Å². The van der Waals surface area contributed by atoms with E-state index in [0.717, 1.165) is 33.9 Å². The molecule has 0 spiro atoms. The molecule has 0 unspecified atom stereocenters. The van der Waals surface area contributed by atoms with Gasteiger partial charge in [-0.15, -0.1) is 0 Å². The number of hydrogen-bond acceptors (Lipinski definition) is 4. The van der Waals surface area contributed by atoms with Gasteiger partial charge in [0.05, 0.1) is 18.5 Å². The molecular weight excluding hydrogens is 254 g/mol. The average molecular weight is 271 g/mol. The third-order valence-electron chi connectivity index (χ3n) is 3.46. The summed E-state index contributed by atoms with van der Waals surface area (Å²) in [7, 11) is 3.56. The summed E-state index contributed by atoms with van der Waals surface area (Å²) in [6, 6.07) is 5.92. The lowest BCUT2D eigenvalue weighted by molar-refractivity contribution is 0.411. The van der Waals surface area contributed by atoms with Crippen LogP contribution < -0.4 is 10.5 Å². The lowest BCUT2D eigenvalue weighted by atomic mass is 10.2. The van der Waals surface area contributed by atoms with Gasteiger partial charge in [0.1, 0.15) is 11.3 Å². The second kappa shape index (κ2) is 4.26. The molecule has 0 aliphatic rings. The highest BCUT2D eigenvalue weighted by molar-refractivity contribution is 5.80. The molecule has 3 rings (SSSR count). The van der Waals surface area contributed by atoms with Crippen molar-refractivity contribution < 1.29 is 4.74 Å². The minimum absolute atomic E-state index is 0.459. The second-order valence-electron chi connectivity index (χ2n) is 4.84. The van der Waals surface area contributed by atoms with Crippen LogP contribution in [0, 0.1) is 13.8 Å². The van der Waals surface area contributed by atoms with E-state index >= 15 is 0 Å². The third kappa shape index (κ3) is 1.65. The Morgan fingerprint density at radius 2 is 2.00 bits per heavy atom. The van der Waals surface area contributed by atoms with Crippen LogP contribution in [0.2, 0.25) is 0 Å². The molecular formula is C14H17N5O. The first kappa shape index (κ1) is 12.5. The summed E-state index contributed by atoms with van der Waals surface area (Å²) in [5.74, 6) is 1.31. The Kier molecular flexibility index (Phi) is 2.67. The molecule has 2 heterocycles. The van der Waals surface area contributed by atoms with Crippen molar-refractivity contribution in [1.29, 1.82) is 0 Å². The molecule has 0 radical (unpaired) electrons. The van der Waals surface area contributed by atoms with Gasteiger partial charge in [0, 0.05) is 7.05 Å². The Hall–Kier alpha value is -2.50. The standard InChI is InChI=1S/C14H17N5O/c1-8-7-10(5-6-11(8)20-4)19-13-12(16-14(19)15)9(2)17-18(13)3/h5-7H,1-4H3,(H2,15,16). The zero-order valence-electron chi connectivity index (χ0n) is 12.0. The van der Waals surface area contributed by atoms with Gasteiger partial charge in [-0.25, -0.2) is 9.67 Å². The maximum absolute atomic E-state index is 6.07. The first-order valence-corrected chi connectivity index (χ1v) is 6.35. The molecule has 0 fully saturated rings. The summed E-state index contributed by atoms with van der Waals surface area (Å²) < 4.78 is 8.99. The molecule has 0 bridgehead atoms. The summed E-state index contributed by atoms with van der Waals surface area (Å²) in [5.41, 5.74) is 10.7. The first-order chi connectivity index (χ1) is 9.52. The number of fused-ring (bicyclic) bond motifs is 1. The van der Waals surface area contributed by atoms with Gasteiger partial charge in [-0.2, -0.15) is 5.10 Å². The Bertz CT molecular complexity index is 800. The highest BCUT2D eigenvalue weighted by atomic mass is 16.5. The lowest BCUT2D eigenvalue weighted by Crippen LogP contribution is -2.05. The van der Waals surface area contributed by atoms with Gasteiger partial charge in [0.2, 0.25) is 5.95 Å². The molecule has 3 aromatic rings. The topological polar surface area (TPSA) is 70.9 Å². The summed E-state index contributed by atoms with van der Waals surface area (Å²) in [6.07, 6.45) is 0. The van der Waals surface area contributed by atoms with E-state index in [1.165, 1.54) is 0 Å². The van der Waals surface area contributed by atoms with Crippen LogP contribution in [0.3, 0.4) is 0 Å². The van der Waals surface area contributed by atoms with Crippen LogP contribution in [0.4, 0.5) is 5.95 Å². The summed E-state index contributed by atoms with van der Waals surface area (Å²) in [5, 5.41) is 4.39. The minimum atomic E-state index is 0.459. The van der Waals surface area contributed by atoms with Gasteiger partial charge in [-0.1, -0.05) is 0 Å². The van der Waals surface area contributed by atoms with Crippen molar-refractivity contribution in [2.24, 2.45) is 7.05 Å². The first-order valence-electron chi connectivity index (χ1n) is 6.35. The van der Waals surface area contributed by atoms with Crippen LogP contribution >= 0.6 is 0 Å². The van der Waals surface area contributed by atoms with Crippen molar-refractivity contribution in [1.82, 2.24) is 19.3 Å². The lowest BCUT2D eigenvalue weighted by Gasteiger charge is -2.10. The van der Waals surface area contributed by atoms with Crippen LogP contribution in [0.25, 0.3) is 16.9 Å². The van der Waals surface area contributed by atoms with Gasteiger partial charge in [-0.3, -0.25) is 4.57 Å². The van der Waals surface area contributed by atoms with E-state index < -0.39 is 0 Å². The zero-order valence-corrected chi connectivity index (χ0v) is 12.0. The Labute approximate surface area is 116 Å². The summed E-state index contributed by atoms with van der Waals surface area (Å²) in [4.78, 5) is 4.41. The van der Waals surface area contributed by atoms with E-state index in [1.54, 1.807) is 11.8 Å². The highest BCUT2D eigenvalue weighted by Gasteiger charge is 2.17. The number of imidazole rings is 1. The van der Waals surface area contributed by atoms with Crippen molar-refractivity contribution in [2.45, 2.75) is 13.8 Å². The van der Waals surface area contributed by atoms with Crippen LogP contribution in [-0.2, 0) is 7.05 Å². The van der Waals surface area contributed by atoms with E-state index in [2.05, 4.69) is 10.1 Å². The molecule has 0 atom stereocenters. The third-order valence-corrected chi connectivity index (χ3v) is 3.46. The molecule has 0 aliphatic heterocycles. The average Bonchev–Trinajstić information content (AvgIpc) is 2.88. The number of nitrogens with two attached hydrogens (primary N) is 1. The van der Waals surface area contributed by atoms with Gasteiger partial charge < -0.3 is 10.5 Å². The molecule has 0 amide bonds. The van der Waals surface area contributed by atoms with Gasteiger partial charge in [0.25, 0.3) is 0 Å². The van der Waals surface area contributed by atoms with Crippen molar-refractivity contribution >= 4 is 17.1 Å². The number of rotatable bonds is 2. The van der Waals surface area contributed by atoms with Crippen LogP contribution in [0.15, 0.2) is 18.2 Å². The molecule has 2 aromatic heterocycles. The monoisotopic (exact) mass is 271 g/mol. The fourth-order valence-corrected chi connectivity index (χ4v) is 2.55. The fraction of sp³-hybridized carbons (Fsp3) is 0.286. The largest absolute Gasteiger partial charge is 0.496 e. The SMILES string of the molecule is COc1ccc(-n2c(N)nc3c(C)nn(C)c32)cc1C. The molecule has 0 saturated heterocycles. The number of benzene rings is 1. The molecule has 20 heavy (non-hydrogen) atoms.